The van der Waals surface area contributed by atoms with E-state index >= 15 is 0 Å². The molecule has 17 heavy (non-hydrogen) atoms. The second-order valence-electron chi connectivity index (χ2n) is 3.03. The van der Waals surface area contributed by atoms with Crippen molar-refractivity contribution < 1.29 is 9.59 Å². The van der Waals surface area contributed by atoms with Crippen molar-refractivity contribution in [2.75, 3.05) is 5.12 Å². The first-order chi connectivity index (χ1) is 8.17. The Balaban J connectivity index is 2.86. The van der Waals surface area contributed by atoms with Crippen LogP contribution in [0.5, 0.6) is 0 Å². The molecular formula is C12H13N3O2. The number of hydrazine groups is 2. The van der Waals surface area contributed by atoms with Crippen LogP contribution in [0.4, 0.5) is 5.69 Å². The Labute approximate surface area is 99.4 Å². The molecule has 5 nitrogen and oxygen atoms in total. The van der Waals surface area contributed by atoms with E-state index < -0.39 is 11.8 Å². The molecule has 0 saturated carbocycles. The minimum atomic E-state index is -0.432. The van der Waals surface area contributed by atoms with Gasteiger partial charge >= 0.3 is 0 Å². The maximum absolute atomic E-state index is 11.2. The molecule has 2 N–H and O–H groups in total. The minimum Gasteiger partial charge on any atom is -0.268 e. The predicted octanol–water partition coefficient (Wildman–Crippen LogP) is 0.927. The molecule has 0 spiro atoms. The fraction of sp³-hybridized carbons (Fsp3) is 0. The van der Waals surface area contributed by atoms with Gasteiger partial charge < -0.3 is 0 Å². The second kappa shape index (κ2) is 6.12. The minimum absolute atomic E-state index is 0.432. The van der Waals surface area contributed by atoms with Crippen LogP contribution in [0.15, 0.2) is 55.6 Å². The Kier molecular flexibility index (Phi) is 4.50. The first-order valence-electron chi connectivity index (χ1n) is 4.88. The maximum Gasteiger partial charge on any atom is 0.263 e. The zero-order valence-corrected chi connectivity index (χ0v) is 9.22. The van der Waals surface area contributed by atoms with Crippen molar-refractivity contribution in [1.29, 1.82) is 0 Å². The van der Waals surface area contributed by atoms with E-state index in [9.17, 15) is 9.59 Å². The summed E-state index contributed by atoms with van der Waals surface area (Å²) in [7, 11) is 0. The molecule has 0 fully saturated rings. The first kappa shape index (κ1) is 12.5. The molecule has 0 unspecified atom stereocenters. The average Bonchev–Trinajstić information content (AvgIpc) is 2.38. The predicted molar refractivity (Wildman–Crippen MR) is 65.6 cm³/mol. The van der Waals surface area contributed by atoms with Crippen LogP contribution in [0.25, 0.3) is 0 Å². The zero-order valence-electron chi connectivity index (χ0n) is 9.22. The van der Waals surface area contributed by atoms with Crippen molar-refractivity contribution >= 4 is 17.5 Å². The van der Waals surface area contributed by atoms with Gasteiger partial charge in [0.1, 0.15) is 0 Å². The van der Waals surface area contributed by atoms with E-state index in [0.717, 1.165) is 12.2 Å². The van der Waals surface area contributed by atoms with E-state index in [-0.39, 0.29) is 0 Å². The van der Waals surface area contributed by atoms with Gasteiger partial charge in [0.2, 0.25) is 0 Å². The van der Waals surface area contributed by atoms with Crippen molar-refractivity contribution in [3.8, 4) is 0 Å². The summed E-state index contributed by atoms with van der Waals surface area (Å²) in [4.78, 5) is 22.4. The molecule has 1 rings (SSSR count). The molecule has 0 aliphatic rings. The van der Waals surface area contributed by atoms with Crippen LogP contribution < -0.4 is 16.0 Å². The number of amides is 2. The molecule has 2 amide bonds. The van der Waals surface area contributed by atoms with Crippen molar-refractivity contribution in [1.82, 2.24) is 10.9 Å². The van der Waals surface area contributed by atoms with E-state index in [2.05, 4.69) is 24.0 Å². The van der Waals surface area contributed by atoms with Crippen molar-refractivity contribution in [3.05, 3.63) is 55.6 Å². The summed E-state index contributed by atoms with van der Waals surface area (Å²) in [6.45, 7) is 6.67. The van der Waals surface area contributed by atoms with Gasteiger partial charge in [-0.2, -0.15) is 5.12 Å². The number of hydrogen-bond acceptors (Lipinski definition) is 3. The SMILES string of the molecule is C=CC(=O)NN(NC(=O)C=C)c1ccccc1. The fourth-order valence-electron chi connectivity index (χ4n) is 1.05. The van der Waals surface area contributed by atoms with Crippen molar-refractivity contribution in [3.63, 3.8) is 0 Å². The summed E-state index contributed by atoms with van der Waals surface area (Å²) >= 11 is 0. The molecule has 0 saturated heterocycles. The Morgan fingerprint density at radius 1 is 1.00 bits per heavy atom. The summed E-state index contributed by atoms with van der Waals surface area (Å²) in [5.41, 5.74) is 5.50. The smallest absolute Gasteiger partial charge is 0.263 e. The molecule has 0 heterocycles. The third kappa shape index (κ3) is 3.83. The highest BCUT2D eigenvalue weighted by molar-refractivity contribution is 5.91. The standard InChI is InChI=1S/C12H13N3O2/c1-3-11(16)13-15(14-12(17)4-2)10-8-6-5-7-9-10/h3-9H,1-2H2,(H,13,16)(H,14,17). The first-order valence-corrected chi connectivity index (χ1v) is 4.88. The van der Waals surface area contributed by atoms with Crippen LogP contribution in [0.3, 0.4) is 0 Å². The molecule has 1 aromatic rings. The van der Waals surface area contributed by atoms with E-state index in [1.165, 1.54) is 5.12 Å². The van der Waals surface area contributed by atoms with Gasteiger partial charge in [0.25, 0.3) is 11.8 Å². The van der Waals surface area contributed by atoms with E-state index in [4.69, 9.17) is 0 Å². The second-order valence-corrected chi connectivity index (χ2v) is 3.03. The van der Waals surface area contributed by atoms with Gasteiger partial charge in [0.15, 0.2) is 0 Å². The summed E-state index contributed by atoms with van der Waals surface area (Å²) in [6.07, 6.45) is 2.21. The summed E-state index contributed by atoms with van der Waals surface area (Å²) in [6, 6.07) is 8.84. The summed E-state index contributed by atoms with van der Waals surface area (Å²) < 4.78 is 0. The Hall–Kier alpha value is -2.56. The van der Waals surface area contributed by atoms with Gasteiger partial charge in [0.05, 0.1) is 5.69 Å². The molecule has 5 heteroatoms. The summed E-state index contributed by atoms with van der Waals surface area (Å²) in [5.74, 6) is -0.864. The summed E-state index contributed by atoms with van der Waals surface area (Å²) in [5, 5.41) is 1.20. The molecular weight excluding hydrogens is 218 g/mol. The van der Waals surface area contributed by atoms with Gasteiger partial charge in [-0.25, -0.2) is 10.9 Å². The number of rotatable bonds is 5. The topological polar surface area (TPSA) is 61.4 Å². The quantitative estimate of drug-likeness (QED) is 0.585. The van der Waals surface area contributed by atoms with Crippen molar-refractivity contribution in [2.45, 2.75) is 0 Å². The fourth-order valence-corrected chi connectivity index (χ4v) is 1.05. The number of anilines is 1. The van der Waals surface area contributed by atoms with Crippen LogP contribution in [0.2, 0.25) is 0 Å². The van der Waals surface area contributed by atoms with Gasteiger partial charge in [-0.1, -0.05) is 31.4 Å². The number of carbonyl (C=O) groups is 2. The molecule has 1 aromatic carbocycles. The van der Waals surface area contributed by atoms with Gasteiger partial charge in [-0.15, -0.1) is 0 Å². The maximum atomic E-state index is 11.2. The normalized spacial score (nSPS) is 8.94. The lowest BCUT2D eigenvalue weighted by Crippen LogP contribution is -2.52. The number of nitrogens with one attached hydrogen (secondary N) is 2. The van der Waals surface area contributed by atoms with Gasteiger partial charge in [0, 0.05) is 0 Å². The average molecular weight is 231 g/mol. The lowest BCUT2D eigenvalue weighted by atomic mass is 10.3. The number of nitrogens with zero attached hydrogens (tertiary/aromatic N) is 1. The van der Waals surface area contributed by atoms with E-state index in [1.807, 2.05) is 6.07 Å². The molecule has 0 aromatic heterocycles. The molecule has 0 aliphatic carbocycles. The monoisotopic (exact) mass is 231 g/mol. The highest BCUT2D eigenvalue weighted by Gasteiger charge is 2.09. The molecule has 0 bridgehead atoms. The third-order valence-corrected chi connectivity index (χ3v) is 1.83. The lowest BCUT2D eigenvalue weighted by molar-refractivity contribution is -0.118. The largest absolute Gasteiger partial charge is 0.268 e. The van der Waals surface area contributed by atoms with E-state index in [1.54, 1.807) is 24.3 Å². The van der Waals surface area contributed by atoms with Crippen LogP contribution in [-0.4, -0.2) is 11.8 Å². The number of hydrogen-bond donors (Lipinski definition) is 2. The van der Waals surface area contributed by atoms with Gasteiger partial charge in [-0.3, -0.25) is 9.59 Å². The van der Waals surface area contributed by atoms with Crippen LogP contribution in [0.1, 0.15) is 0 Å². The van der Waals surface area contributed by atoms with Crippen LogP contribution in [0, 0.1) is 0 Å². The zero-order chi connectivity index (χ0) is 12.7. The molecule has 88 valence electrons. The Bertz CT molecular complexity index is 407. The van der Waals surface area contributed by atoms with Crippen LogP contribution in [-0.2, 0) is 9.59 Å². The molecule has 0 aliphatic heterocycles. The Morgan fingerprint density at radius 3 is 1.88 bits per heavy atom. The Morgan fingerprint density at radius 2 is 1.47 bits per heavy atom. The third-order valence-electron chi connectivity index (χ3n) is 1.83. The number of carbonyl (C=O) groups excluding carboxylic acids is 2. The van der Waals surface area contributed by atoms with Crippen molar-refractivity contribution in [2.24, 2.45) is 0 Å². The molecule has 0 atom stereocenters. The van der Waals surface area contributed by atoms with E-state index in [0.29, 0.717) is 5.69 Å². The van der Waals surface area contributed by atoms with Crippen LogP contribution >= 0.6 is 0 Å². The highest BCUT2D eigenvalue weighted by atomic mass is 16.2. The highest BCUT2D eigenvalue weighted by Crippen LogP contribution is 2.08. The lowest BCUT2D eigenvalue weighted by Gasteiger charge is -2.24. The van der Waals surface area contributed by atoms with Gasteiger partial charge in [-0.05, 0) is 24.3 Å². The number of para-hydroxylation sites is 1. The number of benzene rings is 1. The molecule has 0 radical (unpaired) electrons.